The van der Waals surface area contributed by atoms with Crippen LogP contribution in [0.2, 0.25) is 5.02 Å². The van der Waals surface area contributed by atoms with Gasteiger partial charge in [0.2, 0.25) is 5.95 Å². The Hall–Kier alpha value is -2.45. The molecule has 3 aromatic rings. The van der Waals surface area contributed by atoms with E-state index in [1.54, 1.807) is 18.0 Å². The highest BCUT2D eigenvalue weighted by Gasteiger charge is 2.25. The van der Waals surface area contributed by atoms with Gasteiger partial charge in [-0.25, -0.2) is 14.8 Å². The number of benzene rings is 1. The summed E-state index contributed by atoms with van der Waals surface area (Å²) in [7, 11) is 0. The first-order chi connectivity index (χ1) is 15.7. The normalized spacial score (nSPS) is 17.1. The number of carbonyl (C=O) groups excluding carboxylic acids is 1. The fourth-order valence-electron chi connectivity index (χ4n) is 3.92. The second-order valence-electron chi connectivity index (χ2n) is 9.29. The number of aromatic nitrogens is 3. The molecule has 0 aliphatic carbocycles. The number of carbonyl (C=O) groups is 1. The standard InChI is InChI=1S/C24H30ClN5O2S/c1-16-18(25)9-7-10-19(16)33-20-14-27-22(30-13-11-26-21(20)30)29-12-6-5-8-17(15-29)28-23(31)32-24(2,3)4/h7,9-11,13-14,17H,5-6,8,12,15H2,1-4H3,(H,28,31). The number of anilines is 1. The van der Waals surface area contributed by atoms with Crippen LogP contribution in [0, 0.1) is 6.92 Å². The summed E-state index contributed by atoms with van der Waals surface area (Å²) in [5, 5.41) is 3.79. The molecule has 0 radical (unpaired) electrons. The molecule has 1 aromatic carbocycles. The summed E-state index contributed by atoms with van der Waals surface area (Å²) >= 11 is 7.92. The van der Waals surface area contributed by atoms with E-state index in [0.29, 0.717) is 6.54 Å². The number of imidazole rings is 1. The van der Waals surface area contributed by atoms with Gasteiger partial charge in [-0.05, 0) is 64.7 Å². The number of rotatable bonds is 4. The molecule has 9 heteroatoms. The number of halogens is 1. The molecule has 1 aliphatic heterocycles. The molecule has 1 amide bonds. The van der Waals surface area contributed by atoms with Crippen LogP contribution >= 0.6 is 23.4 Å². The molecule has 1 saturated heterocycles. The minimum atomic E-state index is -0.520. The molecule has 1 aliphatic rings. The molecule has 0 saturated carbocycles. The predicted molar refractivity (Wildman–Crippen MR) is 133 cm³/mol. The highest BCUT2D eigenvalue weighted by atomic mass is 35.5. The topological polar surface area (TPSA) is 71.8 Å². The average Bonchev–Trinajstić information content (AvgIpc) is 3.12. The van der Waals surface area contributed by atoms with Crippen molar-refractivity contribution in [1.82, 2.24) is 19.7 Å². The second kappa shape index (κ2) is 9.81. The predicted octanol–water partition coefficient (Wildman–Crippen LogP) is 5.73. The maximum absolute atomic E-state index is 12.3. The molecule has 3 heterocycles. The minimum Gasteiger partial charge on any atom is -0.444 e. The quantitative estimate of drug-likeness (QED) is 0.507. The molecular weight excluding hydrogens is 458 g/mol. The van der Waals surface area contributed by atoms with E-state index in [2.05, 4.69) is 21.3 Å². The van der Waals surface area contributed by atoms with Crippen LogP contribution in [-0.2, 0) is 4.74 Å². The van der Waals surface area contributed by atoms with Crippen molar-refractivity contribution in [3.8, 4) is 0 Å². The van der Waals surface area contributed by atoms with Gasteiger partial charge in [0, 0.05) is 47.6 Å². The Morgan fingerprint density at radius 3 is 2.85 bits per heavy atom. The third kappa shape index (κ3) is 5.73. The Labute approximate surface area is 203 Å². The number of amides is 1. The molecule has 0 bridgehead atoms. The van der Waals surface area contributed by atoms with Gasteiger partial charge in [-0.15, -0.1) is 0 Å². The fourth-order valence-corrected chi connectivity index (χ4v) is 5.15. The Morgan fingerprint density at radius 2 is 2.06 bits per heavy atom. The summed E-state index contributed by atoms with van der Waals surface area (Å²) in [6.07, 6.45) is 8.21. The zero-order chi connectivity index (χ0) is 23.6. The van der Waals surface area contributed by atoms with Gasteiger partial charge in [-0.3, -0.25) is 4.40 Å². The van der Waals surface area contributed by atoms with Crippen molar-refractivity contribution in [3.05, 3.63) is 47.4 Å². The van der Waals surface area contributed by atoms with Crippen molar-refractivity contribution >= 4 is 41.1 Å². The summed E-state index contributed by atoms with van der Waals surface area (Å²) in [6.45, 7) is 9.17. The van der Waals surface area contributed by atoms with Crippen molar-refractivity contribution in [2.24, 2.45) is 0 Å². The van der Waals surface area contributed by atoms with E-state index in [1.807, 2.05) is 56.6 Å². The molecule has 0 spiro atoms. The number of nitrogens with zero attached hydrogens (tertiary/aromatic N) is 4. The van der Waals surface area contributed by atoms with E-state index in [-0.39, 0.29) is 12.1 Å². The van der Waals surface area contributed by atoms with Crippen molar-refractivity contribution in [2.75, 3.05) is 18.0 Å². The van der Waals surface area contributed by atoms with E-state index in [9.17, 15) is 4.79 Å². The lowest BCUT2D eigenvalue weighted by Gasteiger charge is -2.28. The number of hydrogen-bond acceptors (Lipinski definition) is 6. The van der Waals surface area contributed by atoms with E-state index in [4.69, 9.17) is 21.3 Å². The first-order valence-corrected chi connectivity index (χ1v) is 12.4. The maximum atomic E-state index is 12.3. The van der Waals surface area contributed by atoms with Gasteiger partial charge in [0.25, 0.3) is 0 Å². The molecule has 1 atom stereocenters. The molecule has 176 valence electrons. The molecule has 4 rings (SSSR count). The largest absolute Gasteiger partial charge is 0.444 e. The monoisotopic (exact) mass is 487 g/mol. The van der Waals surface area contributed by atoms with Crippen LogP contribution in [0.15, 0.2) is 46.6 Å². The first kappa shape index (κ1) is 23.7. The number of alkyl carbamates (subject to hydrolysis) is 1. The van der Waals surface area contributed by atoms with Gasteiger partial charge < -0.3 is 15.0 Å². The molecule has 1 N–H and O–H groups in total. The van der Waals surface area contributed by atoms with Crippen molar-refractivity contribution < 1.29 is 9.53 Å². The Balaban J connectivity index is 1.56. The van der Waals surface area contributed by atoms with Gasteiger partial charge >= 0.3 is 6.09 Å². The highest BCUT2D eigenvalue weighted by Crippen LogP contribution is 2.35. The highest BCUT2D eigenvalue weighted by molar-refractivity contribution is 7.99. The number of nitrogens with one attached hydrogen (secondary N) is 1. The Morgan fingerprint density at radius 1 is 1.24 bits per heavy atom. The second-order valence-corrected chi connectivity index (χ2v) is 10.8. The van der Waals surface area contributed by atoms with Crippen LogP contribution in [0.25, 0.3) is 5.65 Å². The first-order valence-electron chi connectivity index (χ1n) is 11.2. The van der Waals surface area contributed by atoms with Crippen molar-refractivity contribution in [2.45, 2.75) is 68.4 Å². The van der Waals surface area contributed by atoms with Crippen LogP contribution in [0.1, 0.15) is 45.6 Å². The summed E-state index contributed by atoms with van der Waals surface area (Å²) in [5.74, 6) is 0.826. The lowest BCUT2D eigenvalue weighted by atomic mass is 10.1. The lowest BCUT2D eigenvalue weighted by molar-refractivity contribution is 0.0504. The molecule has 33 heavy (non-hydrogen) atoms. The Kier molecular flexibility index (Phi) is 7.05. The summed E-state index contributed by atoms with van der Waals surface area (Å²) in [4.78, 5) is 26.0. The molecule has 1 unspecified atom stereocenters. The van der Waals surface area contributed by atoms with Gasteiger partial charge in [0.05, 0.1) is 4.90 Å². The maximum Gasteiger partial charge on any atom is 0.407 e. The number of fused-ring (bicyclic) bond motifs is 1. The van der Waals surface area contributed by atoms with Crippen molar-refractivity contribution in [3.63, 3.8) is 0 Å². The third-order valence-corrected chi connectivity index (χ3v) is 7.07. The number of hydrogen-bond donors (Lipinski definition) is 1. The summed E-state index contributed by atoms with van der Waals surface area (Å²) in [5.41, 5.74) is 1.38. The van der Waals surface area contributed by atoms with Gasteiger partial charge in [-0.2, -0.15) is 0 Å². The smallest absolute Gasteiger partial charge is 0.407 e. The van der Waals surface area contributed by atoms with E-state index in [1.165, 1.54) is 0 Å². The SMILES string of the molecule is Cc1c(Cl)cccc1Sc1cnc(N2CCCCC(NC(=O)OC(C)(C)C)C2)n2ccnc12. The minimum absolute atomic E-state index is 0.00844. The van der Waals surface area contributed by atoms with Crippen LogP contribution < -0.4 is 10.2 Å². The summed E-state index contributed by atoms with van der Waals surface area (Å²) in [6, 6.07) is 5.90. The van der Waals surface area contributed by atoms with E-state index >= 15 is 0 Å². The zero-order valence-corrected chi connectivity index (χ0v) is 21.0. The molecular formula is C24H30ClN5O2S. The van der Waals surface area contributed by atoms with Crippen molar-refractivity contribution in [1.29, 1.82) is 0 Å². The molecule has 1 fully saturated rings. The Bertz CT molecular complexity index is 1140. The van der Waals surface area contributed by atoms with Gasteiger partial charge in [0.15, 0.2) is 5.65 Å². The van der Waals surface area contributed by atoms with Crippen LogP contribution in [0.5, 0.6) is 0 Å². The van der Waals surface area contributed by atoms with Gasteiger partial charge in [0.1, 0.15) is 5.60 Å². The average molecular weight is 488 g/mol. The molecule has 2 aromatic heterocycles. The van der Waals surface area contributed by atoms with E-state index < -0.39 is 5.60 Å². The van der Waals surface area contributed by atoms with Crippen LogP contribution in [0.4, 0.5) is 10.7 Å². The molecule has 7 nitrogen and oxygen atoms in total. The zero-order valence-electron chi connectivity index (χ0n) is 19.5. The number of ether oxygens (including phenoxy) is 1. The van der Waals surface area contributed by atoms with Crippen LogP contribution in [0.3, 0.4) is 0 Å². The van der Waals surface area contributed by atoms with Gasteiger partial charge in [-0.1, -0.05) is 29.4 Å². The van der Waals surface area contributed by atoms with E-state index in [0.717, 1.165) is 57.8 Å². The third-order valence-electron chi connectivity index (χ3n) is 5.49. The fraction of sp³-hybridized carbons (Fsp3) is 0.458. The summed E-state index contributed by atoms with van der Waals surface area (Å²) < 4.78 is 7.48. The van der Waals surface area contributed by atoms with Crippen LogP contribution in [-0.4, -0.2) is 45.2 Å². The lowest BCUT2D eigenvalue weighted by Crippen LogP contribution is -2.45.